The van der Waals surface area contributed by atoms with E-state index in [-0.39, 0.29) is 11.8 Å². The second kappa shape index (κ2) is 8.27. The molecule has 0 spiro atoms. The minimum Gasteiger partial charge on any atom is -0.349 e. The largest absolute Gasteiger partial charge is 0.349 e. The van der Waals surface area contributed by atoms with E-state index in [1.165, 1.54) is 0 Å². The normalized spacial score (nSPS) is 24.8. The number of likely N-dealkylation sites (tertiary alicyclic amines) is 2. The lowest BCUT2D eigenvalue weighted by molar-refractivity contribution is -0.134. The van der Waals surface area contributed by atoms with Gasteiger partial charge in [-0.25, -0.2) is 4.98 Å². The molecule has 0 unspecified atom stereocenters. The summed E-state index contributed by atoms with van der Waals surface area (Å²) in [7, 11) is 0. The molecule has 1 aromatic rings. The van der Waals surface area contributed by atoms with Gasteiger partial charge in [-0.2, -0.15) is 0 Å². The molecule has 7 heteroatoms. The Hall–Kier alpha value is -1.47. The average Bonchev–Trinajstić information content (AvgIpc) is 3.47. The minimum atomic E-state index is 0.0749. The van der Waals surface area contributed by atoms with Crippen molar-refractivity contribution in [1.29, 1.82) is 0 Å². The van der Waals surface area contributed by atoms with Crippen LogP contribution in [0.25, 0.3) is 0 Å². The van der Waals surface area contributed by atoms with E-state index >= 15 is 0 Å². The van der Waals surface area contributed by atoms with E-state index in [1.807, 2.05) is 12.3 Å². The SMILES string of the molecule is Cc1csc(CNC(=O)[C@H]2CCCN(C3CCN(C(=O)C4CC4)CC3)C2)n1. The number of hydrogen-bond donors (Lipinski definition) is 1. The first-order valence-electron chi connectivity index (χ1n) is 10.3. The molecule has 2 amide bonds. The van der Waals surface area contributed by atoms with Gasteiger partial charge in [-0.15, -0.1) is 11.3 Å². The lowest BCUT2D eigenvalue weighted by Gasteiger charge is -2.42. The molecule has 1 aliphatic carbocycles. The van der Waals surface area contributed by atoms with Crippen LogP contribution in [-0.4, -0.2) is 58.8 Å². The zero-order valence-electron chi connectivity index (χ0n) is 16.2. The Labute approximate surface area is 165 Å². The van der Waals surface area contributed by atoms with Gasteiger partial charge >= 0.3 is 0 Å². The van der Waals surface area contributed by atoms with Crippen LogP contribution >= 0.6 is 11.3 Å². The third-order valence-electron chi connectivity index (χ3n) is 6.12. The highest BCUT2D eigenvalue weighted by Gasteiger charge is 2.37. The molecular formula is C20H30N4O2S. The van der Waals surface area contributed by atoms with Crippen LogP contribution < -0.4 is 5.32 Å². The van der Waals surface area contributed by atoms with Gasteiger partial charge in [0.25, 0.3) is 0 Å². The van der Waals surface area contributed by atoms with Gasteiger partial charge < -0.3 is 10.2 Å². The first-order valence-corrected chi connectivity index (χ1v) is 11.2. The van der Waals surface area contributed by atoms with E-state index in [9.17, 15) is 9.59 Å². The third kappa shape index (κ3) is 4.69. The van der Waals surface area contributed by atoms with Gasteiger partial charge in [-0.05, 0) is 52.0 Å². The van der Waals surface area contributed by atoms with Crippen LogP contribution in [-0.2, 0) is 16.1 Å². The van der Waals surface area contributed by atoms with E-state index in [4.69, 9.17) is 0 Å². The van der Waals surface area contributed by atoms with Crippen molar-refractivity contribution in [3.63, 3.8) is 0 Å². The maximum absolute atomic E-state index is 12.6. The first-order chi connectivity index (χ1) is 13.1. The van der Waals surface area contributed by atoms with Gasteiger partial charge in [0.05, 0.1) is 12.5 Å². The van der Waals surface area contributed by atoms with E-state index in [1.54, 1.807) is 11.3 Å². The summed E-state index contributed by atoms with van der Waals surface area (Å²) in [4.78, 5) is 33.8. The number of piperidine rings is 2. The molecule has 1 saturated carbocycles. The lowest BCUT2D eigenvalue weighted by atomic mass is 9.93. The van der Waals surface area contributed by atoms with Crippen molar-refractivity contribution in [2.24, 2.45) is 11.8 Å². The summed E-state index contributed by atoms with van der Waals surface area (Å²) in [6, 6.07) is 0.519. The van der Waals surface area contributed by atoms with E-state index in [2.05, 4.69) is 20.1 Å². The third-order valence-corrected chi connectivity index (χ3v) is 7.09. The number of hydrogen-bond acceptors (Lipinski definition) is 5. The topological polar surface area (TPSA) is 65.5 Å². The summed E-state index contributed by atoms with van der Waals surface area (Å²) in [6.45, 7) is 6.22. The highest BCUT2D eigenvalue weighted by Crippen LogP contribution is 2.32. The van der Waals surface area contributed by atoms with Crippen LogP contribution in [0.4, 0.5) is 0 Å². The van der Waals surface area contributed by atoms with Gasteiger partial charge in [0.15, 0.2) is 0 Å². The Morgan fingerprint density at radius 3 is 2.59 bits per heavy atom. The number of nitrogens with one attached hydrogen (secondary N) is 1. The molecule has 2 saturated heterocycles. The first kappa shape index (κ1) is 18.9. The summed E-state index contributed by atoms with van der Waals surface area (Å²) in [6.07, 6.45) is 6.31. The quantitative estimate of drug-likeness (QED) is 0.837. The summed E-state index contributed by atoms with van der Waals surface area (Å²) in [5, 5.41) is 6.07. The van der Waals surface area contributed by atoms with Gasteiger partial charge in [0.1, 0.15) is 5.01 Å². The van der Waals surface area contributed by atoms with E-state index in [0.29, 0.717) is 24.4 Å². The number of nitrogens with zero attached hydrogens (tertiary/aromatic N) is 3. The maximum Gasteiger partial charge on any atom is 0.225 e. The molecule has 6 nitrogen and oxygen atoms in total. The number of aromatic nitrogens is 1. The van der Waals surface area contributed by atoms with Gasteiger partial charge in [0, 0.05) is 42.7 Å². The number of carbonyl (C=O) groups excluding carboxylic acids is 2. The van der Waals surface area contributed by atoms with E-state index in [0.717, 1.165) is 75.4 Å². The molecule has 3 heterocycles. The van der Waals surface area contributed by atoms with Gasteiger partial charge in [-0.1, -0.05) is 0 Å². The zero-order chi connectivity index (χ0) is 18.8. The lowest BCUT2D eigenvalue weighted by Crippen LogP contribution is -2.51. The monoisotopic (exact) mass is 390 g/mol. The van der Waals surface area contributed by atoms with Gasteiger partial charge in [0.2, 0.25) is 11.8 Å². The van der Waals surface area contributed by atoms with E-state index < -0.39 is 0 Å². The molecule has 0 bridgehead atoms. The molecular weight excluding hydrogens is 360 g/mol. The zero-order valence-corrected chi connectivity index (χ0v) is 17.0. The van der Waals surface area contributed by atoms with Gasteiger partial charge in [-0.3, -0.25) is 14.5 Å². The number of carbonyl (C=O) groups is 2. The molecule has 4 rings (SSSR count). The standard InChI is InChI=1S/C20H30N4O2S/c1-14-13-27-18(22-14)11-21-19(25)16-3-2-8-24(12-16)17-6-9-23(10-7-17)20(26)15-4-5-15/h13,15-17H,2-12H2,1H3,(H,21,25)/t16-/m0/s1. The van der Waals surface area contributed by atoms with Crippen molar-refractivity contribution in [3.05, 3.63) is 16.1 Å². The molecule has 148 valence electrons. The number of aryl methyl sites for hydroxylation is 1. The molecule has 3 fully saturated rings. The average molecular weight is 391 g/mol. The number of amides is 2. The fourth-order valence-corrected chi connectivity index (χ4v) is 5.09. The van der Waals surface area contributed by atoms with Crippen LogP contribution in [0, 0.1) is 18.8 Å². The van der Waals surface area contributed by atoms with Crippen molar-refractivity contribution in [2.45, 2.75) is 58.0 Å². The molecule has 0 radical (unpaired) electrons. The number of rotatable bonds is 5. The van der Waals surface area contributed by atoms with Crippen LogP contribution in [0.2, 0.25) is 0 Å². The molecule has 27 heavy (non-hydrogen) atoms. The molecule has 1 atom stereocenters. The maximum atomic E-state index is 12.6. The second-order valence-electron chi connectivity index (χ2n) is 8.27. The van der Waals surface area contributed by atoms with Crippen LogP contribution in [0.5, 0.6) is 0 Å². The van der Waals surface area contributed by atoms with Crippen molar-refractivity contribution in [1.82, 2.24) is 20.1 Å². The van der Waals surface area contributed by atoms with Crippen LogP contribution in [0.15, 0.2) is 5.38 Å². The van der Waals surface area contributed by atoms with Crippen molar-refractivity contribution >= 4 is 23.2 Å². The Morgan fingerprint density at radius 1 is 1.15 bits per heavy atom. The minimum absolute atomic E-state index is 0.0749. The molecule has 2 aliphatic heterocycles. The molecule has 1 N–H and O–H groups in total. The molecule has 1 aromatic heterocycles. The predicted octanol–water partition coefficient (Wildman–Crippen LogP) is 2.18. The Morgan fingerprint density at radius 2 is 1.93 bits per heavy atom. The van der Waals surface area contributed by atoms with Crippen molar-refractivity contribution < 1.29 is 9.59 Å². The Bertz CT molecular complexity index is 679. The molecule has 0 aromatic carbocycles. The second-order valence-corrected chi connectivity index (χ2v) is 9.21. The van der Waals surface area contributed by atoms with Crippen LogP contribution in [0.3, 0.4) is 0 Å². The van der Waals surface area contributed by atoms with Crippen LogP contribution in [0.1, 0.15) is 49.2 Å². The summed E-state index contributed by atoms with van der Waals surface area (Å²) < 4.78 is 0. The fraction of sp³-hybridized carbons (Fsp3) is 0.750. The summed E-state index contributed by atoms with van der Waals surface area (Å²) in [5.74, 6) is 0.938. The van der Waals surface area contributed by atoms with Crippen molar-refractivity contribution in [3.8, 4) is 0 Å². The van der Waals surface area contributed by atoms with Crippen molar-refractivity contribution in [2.75, 3.05) is 26.2 Å². The number of thiazole rings is 1. The Kier molecular flexibility index (Phi) is 5.78. The highest BCUT2D eigenvalue weighted by atomic mass is 32.1. The highest BCUT2D eigenvalue weighted by molar-refractivity contribution is 7.09. The Balaban J connectivity index is 1.24. The summed E-state index contributed by atoms with van der Waals surface area (Å²) >= 11 is 1.60. The fourth-order valence-electron chi connectivity index (χ4n) is 4.38. The predicted molar refractivity (Wildman–Crippen MR) is 105 cm³/mol. The summed E-state index contributed by atoms with van der Waals surface area (Å²) in [5.41, 5.74) is 1.01. The molecule has 3 aliphatic rings. The smallest absolute Gasteiger partial charge is 0.225 e.